The van der Waals surface area contributed by atoms with Gasteiger partial charge in [-0.2, -0.15) is 0 Å². The lowest BCUT2D eigenvalue weighted by Crippen LogP contribution is -2.22. The van der Waals surface area contributed by atoms with Gasteiger partial charge in [-0.05, 0) is 31.2 Å². The molecule has 0 heterocycles. The van der Waals surface area contributed by atoms with Gasteiger partial charge in [-0.15, -0.1) is 0 Å². The van der Waals surface area contributed by atoms with Gasteiger partial charge in [0.2, 0.25) is 10.0 Å². The van der Waals surface area contributed by atoms with E-state index in [2.05, 4.69) is 5.32 Å². The first-order valence-electron chi connectivity index (χ1n) is 5.10. The van der Waals surface area contributed by atoms with Crippen LogP contribution in [0.2, 0.25) is 0 Å². The fourth-order valence-electron chi connectivity index (χ4n) is 1.18. The standard InChI is InChI=1S/C11H16N2O3S/c1-9(14)8-12-10-4-6-11(7-5-10)17(15,16)13(2)3/h4-7,12H,8H2,1-3H3. The van der Waals surface area contributed by atoms with Crippen LogP contribution in [-0.2, 0) is 14.8 Å². The van der Waals surface area contributed by atoms with E-state index in [0.29, 0.717) is 0 Å². The first kappa shape index (κ1) is 13.7. The molecule has 1 aromatic rings. The minimum Gasteiger partial charge on any atom is -0.378 e. The summed E-state index contributed by atoms with van der Waals surface area (Å²) in [5.41, 5.74) is 0.720. The molecular weight excluding hydrogens is 240 g/mol. The summed E-state index contributed by atoms with van der Waals surface area (Å²) < 4.78 is 24.7. The zero-order valence-electron chi connectivity index (χ0n) is 10.1. The number of ketones is 1. The molecule has 94 valence electrons. The molecule has 0 bridgehead atoms. The average Bonchev–Trinajstić information content (AvgIpc) is 2.26. The summed E-state index contributed by atoms with van der Waals surface area (Å²) in [6.45, 7) is 1.72. The number of hydrogen-bond donors (Lipinski definition) is 1. The van der Waals surface area contributed by atoms with Crippen molar-refractivity contribution in [2.75, 3.05) is 26.0 Å². The van der Waals surface area contributed by atoms with Crippen molar-refractivity contribution in [2.45, 2.75) is 11.8 Å². The van der Waals surface area contributed by atoms with Crippen molar-refractivity contribution >= 4 is 21.5 Å². The number of sulfonamides is 1. The van der Waals surface area contributed by atoms with Gasteiger partial charge in [0, 0.05) is 19.8 Å². The molecule has 0 spiro atoms. The van der Waals surface area contributed by atoms with Gasteiger partial charge in [0.25, 0.3) is 0 Å². The highest BCUT2D eigenvalue weighted by Gasteiger charge is 2.16. The van der Waals surface area contributed by atoms with Crippen LogP contribution in [0.3, 0.4) is 0 Å². The third-order valence-electron chi connectivity index (χ3n) is 2.17. The van der Waals surface area contributed by atoms with Crippen LogP contribution in [0, 0.1) is 0 Å². The second-order valence-electron chi connectivity index (χ2n) is 3.87. The molecule has 0 aromatic heterocycles. The van der Waals surface area contributed by atoms with Crippen molar-refractivity contribution in [2.24, 2.45) is 0 Å². The fraction of sp³-hybridized carbons (Fsp3) is 0.364. The number of benzene rings is 1. The molecule has 0 fully saturated rings. The number of rotatable bonds is 5. The van der Waals surface area contributed by atoms with Crippen molar-refractivity contribution in [1.29, 1.82) is 0 Å². The molecule has 0 amide bonds. The van der Waals surface area contributed by atoms with Gasteiger partial charge in [0.05, 0.1) is 11.4 Å². The molecule has 0 atom stereocenters. The van der Waals surface area contributed by atoms with Gasteiger partial charge in [-0.3, -0.25) is 4.79 Å². The third-order valence-corrected chi connectivity index (χ3v) is 4.00. The molecule has 0 radical (unpaired) electrons. The van der Waals surface area contributed by atoms with Crippen molar-refractivity contribution in [3.05, 3.63) is 24.3 Å². The maximum absolute atomic E-state index is 11.8. The summed E-state index contributed by atoms with van der Waals surface area (Å²) in [7, 11) is -0.420. The molecule has 0 aliphatic rings. The predicted molar refractivity (Wildman–Crippen MR) is 66.5 cm³/mol. The third kappa shape index (κ3) is 3.54. The van der Waals surface area contributed by atoms with Crippen LogP contribution in [-0.4, -0.2) is 39.1 Å². The van der Waals surface area contributed by atoms with E-state index in [1.807, 2.05) is 0 Å². The Balaban J connectivity index is 2.85. The molecular formula is C11H16N2O3S. The second kappa shape index (κ2) is 5.29. The average molecular weight is 256 g/mol. The van der Waals surface area contributed by atoms with Crippen LogP contribution in [0.1, 0.15) is 6.92 Å². The molecule has 1 rings (SSSR count). The van der Waals surface area contributed by atoms with E-state index in [1.165, 1.54) is 33.2 Å². The summed E-state index contributed by atoms with van der Waals surface area (Å²) in [5, 5.41) is 2.89. The van der Waals surface area contributed by atoms with Gasteiger partial charge in [0.15, 0.2) is 0 Å². The number of anilines is 1. The van der Waals surface area contributed by atoms with E-state index in [1.54, 1.807) is 12.1 Å². The van der Waals surface area contributed by atoms with Crippen molar-refractivity contribution < 1.29 is 13.2 Å². The van der Waals surface area contributed by atoms with E-state index in [0.717, 1.165) is 9.99 Å². The zero-order chi connectivity index (χ0) is 13.1. The Bertz CT molecular complexity index is 492. The van der Waals surface area contributed by atoms with Crippen molar-refractivity contribution in [3.63, 3.8) is 0 Å². The van der Waals surface area contributed by atoms with Gasteiger partial charge in [-0.1, -0.05) is 0 Å². The SMILES string of the molecule is CC(=O)CNc1ccc(S(=O)(=O)N(C)C)cc1. The number of Topliss-reactive ketones (excluding diaryl/α,β-unsaturated/α-hetero) is 1. The molecule has 6 heteroatoms. The molecule has 1 aromatic carbocycles. The Morgan fingerprint density at radius 2 is 1.76 bits per heavy atom. The zero-order valence-corrected chi connectivity index (χ0v) is 10.9. The van der Waals surface area contributed by atoms with Gasteiger partial charge >= 0.3 is 0 Å². The smallest absolute Gasteiger partial charge is 0.242 e. The Labute approximate surface area is 101 Å². The van der Waals surface area contributed by atoms with E-state index < -0.39 is 10.0 Å². The van der Waals surface area contributed by atoms with E-state index in [9.17, 15) is 13.2 Å². The lowest BCUT2D eigenvalue weighted by atomic mass is 10.3. The monoisotopic (exact) mass is 256 g/mol. The maximum atomic E-state index is 11.8. The fourth-order valence-corrected chi connectivity index (χ4v) is 2.08. The van der Waals surface area contributed by atoms with Gasteiger partial charge in [-0.25, -0.2) is 12.7 Å². The Kier molecular flexibility index (Phi) is 4.25. The number of nitrogens with zero attached hydrogens (tertiary/aromatic N) is 1. The van der Waals surface area contributed by atoms with Gasteiger partial charge < -0.3 is 5.32 Å². The number of nitrogens with one attached hydrogen (secondary N) is 1. The second-order valence-corrected chi connectivity index (χ2v) is 6.02. The summed E-state index contributed by atoms with van der Waals surface area (Å²) >= 11 is 0. The number of carbonyl (C=O) groups excluding carboxylic acids is 1. The largest absolute Gasteiger partial charge is 0.378 e. The van der Waals surface area contributed by atoms with Crippen LogP contribution < -0.4 is 5.32 Å². The van der Waals surface area contributed by atoms with E-state index >= 15 is 0 Å². The Hall–Kier alpha value is -1.40. The predicted octanol–water partition coefficient (Wildman–Crippen LogP) is 0.938. The van der Waals surface area contributed by atoms with E-state index in [-0.39, 0.29) is 17.2 Å². The lowest BCUT2D eigenvalue weighted by molar-refractivity contribution is -0.115. The Morgan fingerprint density at radius 1 is 1.24 bits per heavy atom. The first-order valence-corrected chi connectivity index (χ1v) is 6.54. The molecule has 0 aliphatic carbocycles. The quantitative estimate of drug-likeness (QED) is 0.851. The molecule has 0 unspecified atom stereocenters. The van der Waals surface area contributed by atoms with Crippen molar-refractivity contribution in [3.8, 4) is 0 Å². The molecule has 0 saturated heterocycles. The van der Waals surface area contributed by atoms with Crippen LogP contribution in [0.25, 0.3) is 0 Å². The first-order chi connectivity index (χ1) is 7.84. The highest BCUT2D eigenvalue weighted by atomic mass is 32.2. The van der Waals surface area contributed by atoms with E-state index in [4.69, 9.17) is 0 Å². The lowest BCUT2D eigenvalue weighted by Gasteiger charge is -2.11. The Morgan fingerprint density at radius 3 is 2.18 bits per heavy atom. The summed E-state index contributed by atoms with van der Waals surface area (Å²) in [6, 6.07) is 6.30. The summed E-state index contributed by atoms with van der Waals surface area (Å²) in [6.07, 6.45) is 0. The van der Waals surface area contributed by atoms with Crippen LogP contribution in [0.15, 0.2) is 29.2 Å². The molecule has 17 heavy (non-hydrogen) atoms. The molecule has 0 saturated carbocycles. The van der Waals surface area contributed by atoms with Crippen LogP contribution in [0.5, 0.6) is 0 Å². The normalized spacial score (nSPS) is 11.5. The summed E-state index contributed by atoms with van der Waals surface area (Å²) in [4.78, 5) is 11.0. The van der Waals surface area contributed by atoms with Gasteiger partial charge in [0.1, 0.15) is 5.78 Å². The topological polar surface area (TPSA) is 66.5 Å². The highest BCUT2D eigenvalue weighted by molar-refractivity contribution is 7.89. The molecule has 5 nitrogen and oxygen atoms in total. The maximum Gasteiger partial charge on any atom is 0.242 e. The van der Waals surface area contributed by atoms with Crippen LogP contribution in [0.4, 0.5) is 5.69 Å². The molecule has 0 aliphatic heterocycles. The van der Waals surface area contributed by atoms with Crippen molar-refractivity contribution in [1.82, 2.24) is 4.31 Å². The minimum absolute atomic E-state index is 0.0231. The number of carbonyl (C=O) groups is 1. The molecule has 1 N–H and O–H groups in total. The highest BCUT2D eigenvalue weighted by Crippen LogP contribution is 2.16. The van der Waals surface area contributed by atoms with Crippen LogP contribution >= 0.6 is 0 Å². The summed E-state index contributed by atoms with van der Waals surface area (Å²) in [5.74, 6) is 0.0231. The number of hydrogen-bond acceptors (Lipinski definition) is 4. The minimum atomic E-state index is -3.39.